The largest absolute Gasteiger partial charge is 0.462 e. The number of benzene rings is 1. The number of aromatic nitrogens is 1. The molecule has 0 atom stereocenters. The van der Waals surface area contributed by atoms with Gasteiger partial charge in [0.25, 0.3) is 11.8 Å². The highest BCUT2D eigenvalue weighted by Gasteiger charge is 2.26. The number of furan rings is 1. The van der Waals surface area contributed by atoms with Gasteiger partial charge in [-0.2, -0.15) is 0 Å². The minimum absolute atomic E-state index is 0.0601. The summed E-state index contributed by atoms with van der Waals surface area (Å²) in [6.45, 7) is 1.74. The number of carbonyl (C=O) groups is 2. The number of halogens is 1. The van der Waals surface area contributed by atoms with Crippen molar-refractivity contribution in [1.82, 2.24) is 14.8 Å². The molecule has 0 radical (unpaired) electrons. The average Bonchev–Trinajstić information content (AvgIpc) is 3.35. The van der Waals surface area contributed by atoms with E-state index in [-0.39, 0.29) is 17.4 Å². The Balaban J connectivity index is 1.43. The third-order valence-corrected chi connectivity index (χ3v) is 5.49. The van der Waals surface area contributed by atoms with Crippen molar-refractivity contribution in [2.75, 3.05) is 26.2 Å². The Morgan fingerprint density at radius 3 is 2.46 bits per heavy atom. The second-order valence-electron chi connectivity index (χ2n) is 6.43. The topological polar surface area (TPSA) is 66.7 Å². The lowest BCUT2D eigenvalue weighted by Gasteiger charge is -2.22. The molecule has 1 aromatic carbocycles. The minimum Gasteiger partial charge on any atom is -0.462 e. The zero-order chi connectivity index (χ0) is 19.5. The zero-order valence-corrected chi connectivity index (χ0v) is 15.8. The molecule has 2 amide bonds. The fraction of sp³-hybridized carbons (Fsp3) is 0.250. The molecule has 2 aromatic heterocycles. The molecule has 0 unspecified atom stereocenters. The van der Waals surface area contributed by atoms with Crippen LogP contribution in [0.4, 0.5) is 4.39 Å². The molecule has 1 aliphatic heterocycles. The van der Waals surface area contributed by atoms with Gasteiger partial charge in [0.2, 0.25) is 0 Å². The van der Waals surface area contributed by atoms with Crippen molar-refractivity contribution in [3.8, 4) is 10.8 Å². The van der Waals surface area contributed by atoms with Gasteiger partial charge in [-0.3, -0.25) is 9.59 Å². The molecule has 0 spiro atoms. The molecule has 1 fully saturated rings. The molecular formula is C20H18FN3O3S. The Labute approximate surface area is 165 Å². The van der Waals surface area contributed by atoms with Crippen LogP contribution in [0.25, 0.3) is 10.8 Å². The van der Waals surface area contributed by atoms with Crippen LogP contribution in [-0.2, 0) is 0 Å². The predicted octanol–water partition coefficient (Wildman–Crippen LogP) is 3.53. The van der Waals surface area contributed by atoms with E-state index in [1.807, 2.05) is 0 Å². The highest BCUT2D eigenvalue weighted by atomic mass is 32.1. The third kappa shape index (κ3) is 3.68. The second kappa shape index (κ2) is 7.93. The Bertz CT molecular complexity index is 986. The third-order valence-electron chi connectivity index (χ3n) is 4.63. The Morgan fingerprint density at radius 2 is 1.75 bits per heavy atom. The first kappa shape index (κ1) is 18.4. The van der Waals surface area contributed by atoms with Crippen LogP contribution in [0.15, 0.2) is 52.5 Å². The van der Waals surface area contributed by atoms with Crippen molar-refractivity contribution >= 4 is 23.2 Å². The van der Waals surface area contributed by atoms with Gasteiger partial charge in [-0.25, -0.2) is 9.37 Å². The van der Waals surface area contributed by atoms with Gasteiger partial charge in [0, 0.05) is 31.6 Å². The Morgan fingerprint density at radius 1 is 1.00 bits per heavy atom. The minimum atomic E-state index is -0.530. The summed E-state index contributed by atoms with van der Waals surface area (Å²) in [5.74, 6) is -0.422. The quantitative estimate of drug-likeness (QED) is 0.676. The van der Waals surface area contributed by atoms with E-state index in [0.717, 1.165) is 0 Å². The van der Waals surface area contributed by atoms with E-state index in [0.29, 0.717) is 49.1 Å². The zero-order valence-electron chi connectivity index (χ0n) is 15.0. The van der Waals surface area contributed by atoms with Crippen molar-refractivity contribution in [1.29, 1.82) is 0 Å². The van der Waals surface area contributed by atoms with Gasteiger partial charge >= 0.3 is 0 Å². The summed E-state index contributed by atoms with van der Waals surface area (Å²) < 4.78 is 19.2. The molecule has 1 saturated heterocycles. The molecule has 0 bridgehead atoms. The molecule has 1 aliphatic rings. The molecule has 144 valence electrons. The van der Waals surface area contributed by atoms with Crippen molar-refractivity contribution < 1.29 is 18.4 Å². The monoisotopic (exact) mass is 399 g/mol. The molecule has 6 nitrogen and oxygen atoms in total. The summed E-state index contributed by atoms with van der Waals surface area (Å²) in [6.07, 6.45) is 2.19. The summed E-state index contributed by atoms with van der Waals surface area (Å²) in [7, 11) is 0. The number of hydrogen-bond acceptors (Lipinski definition) is 5. The van der Waals surface area contributed by atoms with Crippen LogP contribution in [0.1, 0.15) is 27.3 Å². The molecule has 3 heterocycles. The fourth-order valence-electron chi connectivity index (χ4n) is 3.18. The van der Waals surface area contributed by atoms with E-state index in [4.69, 9.17) is 4.42 Å². The highest BCUT2D eigenvalue weighted by molar-refractivity contribution is 7.13. The second-order valence-corrected chi connectivity index (χ2v) is 7.29. The highest BCUT2D eigenvalue weighted by Crippen LogP contribution is 2.24. The first-order valence-corrected chi connectivity index (χ1v) is 9.84. The number of carbonyl (C=O) groups excluding carboxylic acids is 2. The van der Waals surface area contributed by atoms with Crippen LogP contribution < -0.4 is 0 Å². The number of hydrogen-bond donors (Lipinski definition) is 0. The van der Waals surface area contributed by atoms with Crippen molar-refractivity contribution in [2.45, 2.75) is 6.42 Å². The van der Waals surface area contributed by atoms with Gasteiger partial charge in [-0.15, -0.1) is 11.3 Å². The number of thiazole rings is 1. The first-order chi connectivity index (χ1) is 13.6. The van der Waals surface area contributed by atoms with E-state index in [9.17, 15) is 14.0 Å². The lowest BCUT2D eigenvalue weighted by Crippen LogP contribution is -2.37. The van der Waals surface area contributed by atoms with Crippen molar-refractivity contribution in [2.24, 2.45) is 0 Å². The number of amides is 2. The van der Waals surface area contributed by atoms with Crippen LogP contribution in [0, 0.1) is 5.82 Å². The maximum Gasteiger partial charge on any atom is 0.273 e. The summed E-state index contributed by atoms with van der Waals surface area (Å²) in [5, 5.41) is 2.37. The molecule has 3 aromatic rings. The van der Waals surface area contributed by atoms with E-state index < -0.39 is 5.82 Å². The van der Waals surface area contributed by atoms with Crippen LogP contribution in [-0.4, -0.2) is 52.8 Å². The maximum absolute atomic E-state index is 13.9. The van der Waals surface area contributed by atoms with Crippen LogP contribution in [0.3, 0.4) is 0 Å². The summed E-state index contributed by atoms with van der Waals surface area (Å²) in [4.78, 5) is 33.1. The van der Waals surface area contributed by atoms with E-state index in [1.165, 1.54) is 23.5 Å². The van der Waals surface area contributed by atoms with Gasteiger partial charge in [-0.1, -0.05) is 12.1 Å². The molecule has 0 saturated carbocycles. The summed E-state index contributed by atoms with van der Waals surface area (Å²) in [6, 6.07) is 9.53. The van der Waals surface area contributed by atoms with E-state index in [1.54, 1.807) is 45.7 Å². The van der Waals surface area contributed by atoms with Gasteiger partial charge in [0.15, 0.2) is 10.8 Å². The summed E-state index contributed by atoms with van der Waals surface area (Å²) >= 11 is 1.35. The van der Waals surface area contributed by atoms with Crippen LogP contribution in [0.2, 0.25) is 0 Å². The van der Waals surface area contributed by atoms with Crippen LogP contribution in [0.5, 0.6) is 0 Å². The molecule has 28 heavy (non-hydrogen) atoms. The lowest BCUT2D eigenvalue weighted by molar-refractivity contribution is 0.0713. The normalized spacial score (nSPS) is 14.8. The first-order valence-electron chi connectivity index (χ1n) is 8.96. The molecule has 0 N–H and O–H groups in total. The van der Waals surface area contributed by atoms with Gasteiger partial charge < -0.3 is 14.2 Å². The van der Waals surface area contributed by atoms with Crippen molar-refractivity contribution in [3.05, 3.63) is 65.1 Å². The summed E-state index contributed by atoms with van der Waals surface area (Å²) in [5.41, 5.74) is 0.426. The number of rotatable bonds is 3. The van der Waals surface area contributed by atoms with Crippen LogP contribution >= 0.6 is 11.3 Å². The fourth-order valence-corrected chi connectivity index (χ4v) is 3.94. The Kier molecular flexibility index (Phi) is 5.21. The average molecular weight is 399 g/mol. The maximum atomic E-state index is 13.9. The molecule has 0 aliphatic carbocycles. The van der Waals surface area contributed by atoms with E-state index >= 15 is 0 Å². The number of nitrogens with zero attached hydrogens (tertiary/aromatic N) is 3. The van der Waals surface area contributed by atoms with Gasteiger partial charge in [-0.05, 0) is 30.7 Å². The Hall–Kier alpha value is -3.00. The lowest BCUT2D eigenvalue weighted by atomic mass is 10.2. The molecule has 8 heteroatoms. The van der Waals surface area contributed by atoms with E-state index in [2.05, 4.69) is 4.98 Å². The van der Waals surface area contributed by atoms with Crippen molar-refractivity contribution in [3.63, 3.8) is 0 Å². The predicted molar refractivity (Wildman–Crippen MR) is 103 cm³/mol. The van der Waals surface area contributed by atoms with Gasteiger partial charge in [0.05, 0.1) is 11.8 Å². The smallest absolute Gasteiger partial charge is 0.273 e. The molecule has 4 rings (SSSR count). The van der Waals surface area contributed by atoms with Gasteiger partial charge in [0.1, 0.15) is 11.5 Å². The molecular weight excluding hydrogens is 381 g/mol. The standard InChI is InChI=1S/C20H18FN3O3S/c21-15-6-2-1-5-14(15)19(25)23-8-4-9-24(11-10-23)20(26)16-13-28-18(22-16)17-7-3-12-27-17/h1-3,5-7,12-13H,4,8-11H2. The SMILES string of the molecule is O=C(c1csc(-c2ccco2)n1)N1CCCN(C(=O)c2ccccc2F)CC1.